The largest absolute Gasteiger partial charge is 0.493 e. The van der Waals surface area contributed by atoms with Crippen LogP contribution in [0.3, 0.4) is 0 Å². The van der Waals surface area contributed by atoms with Gasteiger partial charge in [0.05, 0.1) is 24.3 Å². The minimum atomic E-state index is -1.18. The Labute approximate surface area is 206 Å². The summed E-state index contributed by atoms with van der Waals surface area (Å²) in [5.41, 5.74) is 2.29. The number of rotatable bonds is 9. The molecule has 35 heavy (non-hydrogen) atoms. The Morgan fingerprint density at radius 1 is 1.00 bits per heavy atom. The molecular formula is C27H23FN2O4S. The average molecular weight is 491 g/mol. The van der Waals surface area contributed by atoms with E-state index in [4.69, 9.17) is 9.47 Å². The summed E-state index contributed by atoms with van der Waals surface area (Å²) >= 11 is 1.40. The summed E-state index contributed by atoms with van der Waals surface area (Å²) in [6, 6.07) is 21.6. The first kappa shape index (κ1) is 24.1. The number of aromatic nitrogens is 1. The normalized spacial score (nSPS) is 11.5. The van der Waals surface area contributed by atoms with Crippen molar-refractivity contribution in [1.82, 2.24) is 4.98 Å². The van der Waals surface area contributed by atoms with Crippen LogP contribution in [0.4, 0.5) is 10.1 Å². The van der Waals surface area contributed by atoms with Gasteiger partial charge in [-0.15, -0.1) is 11.3 Å². The van der Waals surface area contributed by atoms with E-state index in [1.807, 2.05) is 31.2 Å². The zero-order valence-electron chi connectivity index (χ0n) is 18.9. The molecule has 0 spiro atoms. The summed E-state index contributed by atoms with van der Waals surface area (Å²) in [7, 11) is 0. The number of esters is 1. The van der Waals surface area contributed by atoms with E-state index in [0.717, 1.165) is 16.3 Å². The molecule has 1 aromatic heterocycles. The Kier molecular flexibility index (Phi) is 7.84. The molecule has 0 fully saturated rings. The first-order valence-corrected chi connectivity index (χ1v) is 11.9. The number of thiazole rings is 1. The van der Waals surface area contributed by atoms with Gasteiger partial charge < -0.3 is 14.8 Å². The summed E-state index contributed by atoms with van der Waals surface area (Å²) in [5.74, 6) is -0.829. The number of halogens is 1. The number of hydrogen-bond donors (Lipinski definition) is 1. The van der Waals surface area contributed by atoms with Crippen LogP contribution in [0.15, 0.2) is 84.2 Å². The van der Waals surface area contributed by atoms with Crippen LogP contribution in [0.5, 0.6) is 5.75 Å². The third kappa shape index (κ3) is 6.30. The minimum Gasteiger partial charge on any atom is -0.493 e. The third-order valence-corrected chi connectivity index (χ3v) is 5.92. The summed E-state index contributed by atoms with van der Waals surface area (Å²) in [5, 5.41) is 5.18. The predicted molar refractivity (Wildman–Crippen MR) is 133 cm³/mol. The predicted octanol–water partition coefficient (Wildman–Crippen LogP) is 5.81. The van der Waals surface area contributed by atoms with Crippen molar-refractivity contribution >= 4 is 28.9 Å². The second-order valence-electron chi connectivity index (χ2n) is 7.53. The SMILES string of the molecule is CCOc1ccccc1-c1nc(CC(=O)OC(C(=O)Nc2ccc(F)cc2)c2ccccc2)cs1. The van der Waals surface area contributed by atoms with Crippen molar-refractivity contribution in [3.05, 3.63) is 101 Å². The van der Waals surface area contributed by atoms with Gasteiger partial charge in [-0.1, -0.05) is 42.5 Å². The zero-order valence-corrected chi connectivity index (χ0v) is 19.8. The van der Waals surface area contributed by atoms with Crippen LogP contribution in [0.1, 0.15) is 24.3 Å². The maximum Gasteiger partial charge on any atom is 0.313 e. The number of amides is 1. The Morgan fingerprint density at radius 2 is 1.71 bits per heavy atom. The fraction of sp³-hybridized carbons (Fsp3) is 0.148. The molecule has 0 radical (unpaired) electrons. The standard InChI is InChI=1S/C27H23FN2O4S/c1-2-33-23-11-7-6-10-22(23)27-30-21(17-35-27)16-24(31)34-25(18-8-4-3-5-9-18)26(32)29-20-14-12-19(28)13-15-20/h3-15,17,25H,2,16H2,1H3,(H,29,32). The fourth-order valence-electron chi connectivity index (χ4n) is 3.40. The molecule has 4 rings (SSSR count). The number of nitrogens with one attached hydrogen (secondary N) is 1. The van der Waals surface area contributed by atoms with E-state index in [-0.39, 0.29) is 6.42 Å². The van der Waals surface area contributed by atoms with Crippen LogP contribution in [0.25, 0.3) is 10.6 Å². The quantitative estimate of drug-likeness (QED) is 0.300. The van der Waals surface area contributed by atoms with Crippen molar-refractivity contribution in [1.29, 1.82) is 0 Å². The molecule has 1 unspecified atom stereocenters. The Bertz CT molecular complexity index is 1290. The van der Waals surface area contributed by atoms with Gasteiger partial charge in [-0.3, -0.25) is 9.59 Å². The summed E-state index contributed by atoms with van der Waals surface area (Å²) in [6.45, 7) is 2.44. The van der Waals surface area contributed by atoms with Gasteiger partial charge in [0.25, 0.3) is 5.91 Å². The van der Waals surface area contributed by atoms with Crippen molar-refractivity contribution in [2.45, 2.75) is 19.4 Å². The molecule has 3 aromatic carbocycles. The molecule has 1 amide bonds. The molecule has 0 aliphatic heterocycles. The zero-order chi connectivity index (χ0) is 24.6. The molecule has 1 N–H and O–H groups in total. The Balaban J connectivity index is 1.48. The van der Waals surface area contributed by atoms with Crippen LogP contribution in [0.2, 0.25) is 0 Å². The number of benzene rings is 3. The number of carbonyl (C=O) groups is 2. The molecule has 0 saturated carbocycles. The van der Waals surface area contributed by atoms with E-state index >= 15 is 0 Å². The first-order chi connectivity index (χ1) is 17.0. The van der Waals surface area contributed by atoms with Gasteiger partial charge in [-0.05, 0) is 43.3 Å². The first-order valence-electron chi connectivity index (χ1n) is 11.0. The lowest BCUT2D eigenvalue weighted by atomic mass is 10.1. The molecule has 8 heteroatoms. The number of carbonyl (C=O) groups excluding carboxylic acids is 2. The average Bonchev–Trinajstić information content (AvgIpc) is 3.33. The number of nitrogens with zero attached hydrogens (tertiary/aromatic N) is 1. The topological polar surface area (TPSA) is 77.5 Å². The highest BCUT2D eigenvalue weighted by atomic mass is 32.1. The van der Waals surface area contributed by atoms with Crippen molar-refractivity contribution in [3.63, 3.8) is 0 Å². The van der Waals surface area contributed by atoms with Crippen molar-refractivity contribution in [2.75, 3.05) is 11.9 Å². The lowest BCUT2D eigenvalue weighted by molar-refractivity contribution is -0.154. The van der Waals surface area contributed by atoms with Crippen molar-refractivity contribution in [3.8, 4) is 16.3 Å². The van der Waals surface area contributed by atoms with Gasteiger partial charge in [-0.2, -0.15) is 0 Å². The Morgan fingerprint density at radius 3 is 2.46 bits per heavy atom. The van der Waals surface area contributed by atoms with E-state index in [2.05, 4.69) is 10.3 Å². The second kappa shape index (κ2) is 11.4. The lowest BCUT2D eigenvalue weighted by Crippen LogP contribution is -2.26. The monoisotopic (exact) mass is 490 g/mol. The lowest BCUT2D eigenvalue weighted by Gasteiger charge is -2.18. The van der Waals surface area contributed by atoms with Crippen LogP contribution in [0, 0.1) is 5.82 Å². The van der Waals surface area contributed by atoms with Crippen LogP contribution in [-0.4, -0.2) is 23.5 Å². The number of anilines is 1. The minimum absolute atomic E-state index is 0.0968. The van der Waals surface area contributed by atoms with Gasteiger partial charge in [0.15, 0.2) is 0 Å². The second-order valence-corrected chi connectivity index (χ2v) is 8.38. The van der Waals surface area contributed by atoms with Gasteiger partial charge in [0.2, 0.25) is 6.10 Å². The smallest absolute Gasteiger partial charge is 0.313 e. The summed E-state index contributed by atoms with van der Waals surface area (Å²) in [6.07, 6.45) is -1.27. The maximum atomic E-state index is 13.2. The highest BCUT2D eigenvalue weighted by molar-refractivity contribution is 7.13. The van der Waals surface area contributed by atoms with E-state index in [0.29, 0.717) is 23.6 Å². The third-order valence-electron chi connectivity index (χ3n) is 5.00. The van der Waals surface area contributed by atoms with E-state index < -0.39 is 23.8 Å². The van der Waals surface area contributed by atoms with Gasteiger partial charge in [-0.25, -0.2) is 9.37 Å². The molecule has 0 bridgehead atoms. The van der Waals surface area contributed by atoms with Gasteiger partial charge >= 0.3 is 5.97 Å². The van der Waals surface area contributed by atoms with Crippen LogP contribution in [-0.2, 0) is 20.7 Å². The maximum absolute atomic E-state index is 13.2. The van der Waals surface area contributed by atoms with E-state index in [1.54, 1.807) is 35.7 Å². The van der Waals surface area contributed by atoms with Crippen LogP contribution >= 0.6 is 11.3 Å². The molecule has 0 saturated heterocycles. The van der Waals surface area contributed by atoms with Crippen molar-refractivity contribution in [2.24, 2.45) is 0 Å². The van der Waals surface area contributed by atoms with Crippen LogP contribution < -0.4 is 10.1 Å². The highest BCUT2D eigenvalue weighted by Crippen LogP contribution is 2.32. The number of hydrogen-bond acceptors (Lipinski definition) is 6. The molecule has 6 nitrogen and oxygen atoms in total. The summed E-state index contributed by atoms with van der Waals surface area (Å²) in [4.78, 5) is 30.3. The van der Waals surface area contributed by atoms with Gasteiger partial charge in [0, 0.05) is 16.6 Å². The molecule has 1 heterocycles. The number of para-hydroxylation sites is 1. The molecular weight excluding hydrogens is 467 g/mol. The molecule has 178 valence electrons. The highest BCUT2D eigenvalue weighted by Gasteiger charge is 2.26. The Hall–Kier alpha value is -4.04. The summed E-state index contributed by atoms with van der Waals surface area (Å²) < 4.78 is 24.5. The van der Waals surface area contributed by atoms with Gasteiger partial charge in [0.1, 0.15) is 16.6 Å². The molecule has 4 aromatic rings. The molecule has 0 aliphatic carbocycles. The van der Waals surface area contributed by atoms with Crippen molar-refractivity contribution < 1.29 is 23.5 Å². The van der Waals surface area contributed by atoms with E-state index in [1.165, 1.54) is 35.6 Å². The fourth-order valence-corrected chi connectivity index (χ4v) is 4.25. The number of ether oxygens (including phenoxy) is 2. The molecule has 0 aliphatic rings. The molecule has 1 atom stereocenters. The van der Waals surface area contributed by atoms with E-state index in [9.17, 15) is 14.0 Å².